The molecule has 0 saturated carbocycles. The van der Waals surface area contributed by atoms with E-state index in [0.717, 1.165) is 11.1 Å². The van der Waals surface area contributed by atoms with Crippen molar-refractivity contribution >= 4 is 27.7 Å². The summed E-state index contributed by atoms with van der Waals surface area (Å²) in [7, 11) is 0. The molecule has 0 aliphatic heterocycles. The van der Waals surface area contributed by atoms with Crippen molar-refractivity contribution in [1.82, 2.24) is 9.97 Å². The molecular weight excluding hydrogens is 230 g/mol. The van der Waals surface area contributed by atoms with Crippen LogP contribution in [0.25, 0.3) is 10.9 Å². The molecule has 16 heavy (non-hydrogen) atoms. The molecule has 82 valence electrons. The summed E-state index contributed by atoms with van der Waals surface area (Å²) in [5.41, 5.74) is 1.15. The molecule has 5 nitrogen and oxygen atoms in total. The Labute approximate surface area is 95.4 Å². The average Bonchev–Trinajstić information content (AvgIpc) is 2.28. The zero-order chi connectivity index (χ0) is 11.7. The summed E-state index contributed by atoms with van der Waals surface area (Å²) in [6, 6.07) is 3.25. The molecule has 2 aromatic rings. The topological polar surface area (TPSA) is 78.3 Å². The van der Waals surface area contributed by atoms with Crippen LogP contribution < -0.4 is 5.56 Å². The van der Waals surface area contributed by atoms with E-state index in [2.05, 4.69) is 15.1 Å². The maximum atomic E-state index is 11.6. The van der Waals surface area contributed by atoms with E-state index in [0.29, 0.717) is 5.52 Å². The normalized spacial score (nSPS) is 12.0. The Balaban J connectivity index is 2.85. The van der Waals surface area contributed by atoms with Crippen LogP contribution in [-0.4, -0.2) is 20.3 Å². The molecule has 0 spiro atoms. The fraction of sp³-hybridized carbons (Fsp3) is 0.100. The van der Waals surface area contributed by atoms with E-state index in [-0.39, 0.29) is 10.7 Å². The first-order valence-electron chi connectivity index (χ1n) is 4.50. The van der Waals surface area contributed by atoms with Gasteiger partial charge in [-0.2, -0.15) is 0 Å². The third-order valence-electron chi connectivity index (χ3n) is 2.28. The number of rotatable bonds is 1. The maximum Gasteiger partial charge on any atom is 0.258 e. The van der Waals surface area contributed by atoms with Gasteiger partial charge < -0.3 is 10.2 Å². The summed E-state index contributed by atoms with van der Waals surface area (Å²) >= 11 is 5.61. The molecule has 0 radical (unpaired) electrons. The fourth-order valence-corrected chi connectivity index (χ4v) is 1.62. The van der Waals surface area contributed by atoms with Gasteiger partial charge in [-0.05, 0) is 19.1 Å². The van der Waals surface area contributed by atoms with Crippen LogP contribution in [0.4, 0.5) is 0 Å². The van der Waals surface area contributed by atoms with Crippen LogP contribution in [0, 0.1) is 6.92 Å². The van der Waals surface area contributed by atoms with Crippen LogP contribution >= 0.6 is 11.6 Å². The van der Waals surface area contributed by atoms with Gasteiger partial charge in [0.05, 0.1) is 11.1 Å². The van der Waals surface area contributed by atoms with Crippen molar-refractivity contribution in [3.8, 4) is 0 Å². The van der Waals surface area contributed by atoms with Gasteiger partial charge in [0, 0.05) is 17.3 Å². The molecule has 0 fully saturated rings. The maximum absolute atomic E-state index is 11.6. The second-order valence-electron chi connectivity index (χ2n) is 3.26. The number of aromatic nitrogens is 2. The molecule has 0 saturated heterocycles. The van der Waals surface area contributed by atoms with Crippen molar-refractivity contribution in [2.24, 2.45) is 5.16 Å². The number of pyridine rings is 2. The van der Waals surface area contributed by atoms with Crippen LogP contribution in [0.15, 0.2) is 28.3 Å². The minimum atomic E-state index is -0.402. The zero-order valence-corrected chi connectivity index (χ0v) is 9.12. The van der Waals surface area contributed by atoms with Crippen molar-refractivity contribution in [3.05, 3.63) is 39.9 Å². The van der Waals surface area contributed by atoms with Crippen molar-refractivity contribution in [2.45, 2.75) is 6.92 Å². The number of hydrogen-bond donors (Lipinski definition) is 2. The third kappa shape index (κ3) is 1.65. The van der Waals surface area contributed by atoms with E-state index < -0.39 is 5.56 Å². The van der Waals surface area contributed by atoms with Crippen molar-refractivity contribution in [2.75, 3.05) is 0 Å². The Kier molecular flexibility index (Phi) is 2.62. The first kappa shape index (κ1) is 10.6. The summed E-state index contributed by atoms with van der Waals surface area (Å²) in [6.07, 6.45) is 1.61. The summed E-state index contributed by atoms with van der Waals surface area (Å²) in [5.74, 6) is 0. The summed E-state index contributed by atoms with van der Waals surface area (Å²) < 4.78 is 0. The van der Waals surface area contributed by atoms with Gasteiger partial charge in [0.1, 0.15) is 0 Å². The quantitative estimate of drug-likeness (QED) is 0.449. The monoisotopic (exact) mass is 237 g/mol. The van der Waals surface area contributed by atoms with Crippen molar-refractivity contribution in [3.63, 3.8) is 0 Å². The smallest absolute Gasteiger partial charge is 0.258 e. The van der Waals surface area contributed by atoms with Gasteiger partial charge in [0.25, 0.3) is 5.56 Å². The third-order valence-corrected chi connectivity index (χ3v) is 2.56. The first-order valence-corrected chi connectivity index (χ1v) is 4.88. The largest absolute Gasteiger partial charge is 0.410 e. The Bertz CT molecular complexity index is 633. The number of nitrogens with one attached hydrogen (secondary N) is 1. The molecule has 0 aliphatic carbocycles. The lowest BCUT2D eigenvalue weighted by molar-refractivity contribution is 0.321. The zero-order valence-electron chi connectivity index (χ0n) is 8.36. The number of aromatic amines is 1. The molecule has 0 unspecified atom stereocenters. The Morgan fingerprint density at radius 3 is 3.06 bits per heavy atom. The van der Waals surface area contributed by atoms with Gasteiger partial charge in [0.15, 0.2) is 5.17 Å². The molecule has 0 aromatic carbocycles. The number of oxime groups is 1. The van der Waals surface area contributed by atoms with Gasteiger partial charge in [-0.25, -0.2) is 0 Å². The number of halogens is 1. The number of H-pyrrole nitrogens is 1. The van der Waals surface area contributed by atoms with Gasteiger partial charge in [-0.15, -0.1) is 0 Å². The molecule has 0 amide bonds. The highest BCUT2D eigenvalue weighted by atomic mass is 35.5. The Morgan fingerprint density at radius 2 is 2.38 bits per heavy atom. The van der Waals surface area contributed by atoms with Crippen LogP contribution in [0.3, 0.4) is 0 Å². The number of fused-ring (bicyclic) bond motifs is 1. The lowest BCUT2D eigenvalue weighted by Crippen LogP contribution is -2.15. The van der Waals surface area contributed by atoms with Crippen LogP contribution in [0.2, 0.25) is 0 Å². The molecule has 2 rings (SSSR count). The highest BCUT2D eigenvalue weighted by Crippen LogP contribution is 2.14. The molecule has 0 atom stereocenters. The summed E-state index contributed by atoms with van der Waals surface area (Å²) in [4.78, 5) is 18.3. The molecule has 0 aliphatic rings. The van der Waals surface area contributed by atoms with Crippen LogP contribution in [0.5, 0.6) is 0 Å². The first-order chi connectivity index (χ1) is 7.63. The second-order valence-corrected chi connectivity index (χ2v) is 3.62. The number of hydrogen-bond acceptors (Lipinski definition) is 4. The highest BCUT2D eigenvalue weighted by molar-refractivity contribution is 6.69. The van der Waals surface area contributed by atoms with Gasteiger partial charge in [-0.3, -0.25) is 9.78 Å². The minimum Gasteiger partial charge on any atom is -0.410 e. The predicted octanol–water partition coefficient (Wildman–Crippen LogP) is 1.61. The van der Waals surface area contributed by atoms with E-state index in [1.54, 1.807) is 18.3 Å². The summed E-state index contributed by atoms with van der Waals surface area (Å²) in [5, 5.41) is 11.9. The average molecular weight is 238 g/mol. The predicted molar refractivity (Wildman–Crippen MR) is 61.3 cm³/mol. The van der Waals surface area contributed by atoms with E-state index in [1.807, 2.05) is 6.92 Å². The molecular formula is C10H8ClN3O2. The standard InChI is InChI=1S/C10H8ClN3O2/c1-5-6-4-7(9(11)14-16)10(15)13-8(6)2-3-12-5/h2-4,16H,1H3,(H,13,15)/b14-9-. The van der Waals surface area contributed by atoms with E-state index in [1.165, 1.54) is 0 Å². The molecule has 2 aromatic heterocycles. The molecule has 2 heterocycles. The molecule has 0 bridgehead atoms. The fourth-order valence-electron chi connectivity index (χ4n) is 1.48. The lowest BCUT2D eigenvalue weighted by atomic mass is 10.1. The van der Waals surface area contributed by atoms with Gasteiger partial charge in [0.2, 0.25) is 0 Å². The molecule has 6 heteroatoms. The van der Waals surface area contributed by atoms with Crippen molar-refractivity contribution in [1.29, 1.82) is 0 Å². The Hall–Kier alpha value is -1.88. The van der Waals surface area contributed by atoms with Gasteiger partial charge in [-0.1, -0.05) is 16.8 Å². The minimum absolute atomic E-state index is 0.118. The highest BCUT2D eigenvalue weighted by Gasteiger charge is 2.09. The lowest BCUT2D eigenvalue weighted by Gasteiger charge is -2.02. The summed E-state index contributed by atoms with van der Waals surface area (Å²) in [6.45, 7) is 1.81. The van der Waals surface area contributed by atoms with E-state index >= 15 is 0 Å². The SMILES string of the molecule is Cc1nccc2[nH]c(=O)c(/C(Cl)=N/O)cc12. The second kappa shape index (κ2) is 3.94. The van der Waals surface area contributed by atoms with E-state index in [9.17, 15) is 4.79 Å². The van der Waals surface area contributed by atoms with Gasteiger partial charge >= 0.3 is 0 Å². The van der Waals surface area contributed by atoms with Crippen LogP contribution in [-0.2, 0) is 0 Å². The Morgan fingerprint density at radius 1 is 1.62 bits per heavy atom. The van der Waals surface area contributed by atoms with Crippen molar-refractivity contribution < 1.29 is 5.21 Å². The number of aryl methyl sites for hydroxylation is 1. The van der Waals surface area contributed by atoms with E-state index in [4.69, 9.17) is 16.8 Å². The van der Waals surface area contributed by atoms with Crippen LogP contribution in [0.1, 0.15) is 11.3 Å². The number of nitrogens with zero attached hydrogens (tertiary/aromatic N) is 2. The molecule has 2 N–H and O–H groups in total.